The second-order valence-electron chi connectivity index (χ2n) is 4.21. The molecule has 1 rings (SSSR count). The summed E-state index contributed by atoms with van der Waals surface area (Å²) in [4.78, 5) is 2.60. The van der Waals surface area contributed by atoms with Gasteiger partial charge in [-0.05, 0) is 39.3 Å². The van der Waals surface area contributed by atoms with Crippen LogP contribution >= 0.6 is 0 Å². The SMILES string of the molecule is CCCC1(CC)CCCCN1C. The van der Waals surface area contributed by atoms with Crippen LogP contribution in [0.3, 0.4) is 0 Å². The molecule has 0 aromatic carbocycles. The monoisotopic (exact) mass is 169 g/mol. The molecule has 1 heterocycles. The second kappa shape index (κ2) is 4.27. The molecule has 0 aromatic heterocycles. The molecule has 72 valence electrons. The molecule has 1 heteroatoms. The van der Waals surface area contributed by atoms with Crippen molar-refractivity contribution in [3.63, 3.8) is 0 Å². The average Bonchev–Trinajstić information content (AvgIpc) is 2.10. The standard InChI is InChI=1S/C11H23N/c1-4-8-11(5-2)9-6-7-10-12(11)3/h4-10H2,1-3H3. The van der Waals surface area contributed by atoms with Crippen molar-refractivity contribution in [1.82, 2.24) is 4.90 Å². The highest BCUT2D eigenvalue weighted by molar-refractivity contribution is 4.90. The van der Waals surface area contributed by atoms with Crippen molar-refractivity contribution in [3.8, 4) is 0 Å². The number of hydrogen-bond acceptors (Lipinski definition) is 1. The van der Waals surface area contributed by atoms with Gasteiger partial charge in [-0.1, -0.05) is 26.7 Å². The first-order valence-electron chi connectivity index (χ1n) is 5.46. The summed E-state index contributed by atoms with van der Waals surface area (Å²) in [6.45, 7) is 5.96. The van der Waals surface area contributed by atoms with Crippen molar-refractivity contribution in [2.75, 3.05) is 13.6 Å². The average molecular weight is 169 g/mol. The van der Waals surface area contributed by atoms with Crippen LogP contribution in [-0.4, -0.2) is 24.0 Å². The first-order chi connectivity index (χ1) is 5.75. The maximum Gasteiger partial charge on any atom is 0.0203 e. The van der Waals surface area contributed by atoms with Crippen LogP contribution < -0.4 is 0 Å². The van der Waals surface area contributed by atoms with Crippen LogP contribution in [0.5, 0.6) is 0 Å². The Morgan fingerprint density at radius 2 is 2.00 bits per heavy atom. The van der Waals surface area contributed by atoms with Crippen LogP contribution in [0, 0.1) is 0 Å². The summed E-state index contributed by atoms with van der Waals surface area (Å²) in [6.07, 6.45) is 8.32. The van der Waals surface area contributed by atoms with Gasteiger partial charge in [0.2, 0.25) is 0 Å². The van der Waals surface area contributed by atoms with Gasteiger partial charge < -0.3 is 4.90 Å². The summed E-state index contributed by atoms with van der Waals surface area (Å²) in [7, 11) is 2.30. The lowest BCUT2D eigenvalue weighted by atomic mass is 9.81. The Labute approximate surface area is 77.1 Å². The molecule has 1 saturated heterocycles. The third-order valence-corrected chi connectivity index (χ3v) is 3.57. The van der Waals surface area contributed by atoms with Gasteiger partial charge in [0.1, 0.15) is 0 Å². The van der Waals surface area contributed by atoms with E-state index in [0.717, 1.165) is 0 Å². The van der Waals surface area contributed by atoms with E-state index in [4.69, 9.17) is 0 Å². The van der Waals surface area contributed by atoms with Crippen molar-refractivity contribution in [1.29, 1.82) is 0 Å². The maximum absolute atomic E-state index is 2.60. The van der Waals surface area contributed by atoms with Crippen molar-refractivity contribution in [2.45, 2.75) is 57.9 Å². The van der Waals surface area contributed by atoms with Crippen LogP contribution in [0.2, 0.25) is 0 Å². The van der Waals surface area contributed by atoms with Gasteiger partial charge in [0.15, 0.2) is 0 Å². The van der Waals surface area contributed by atoms with Gasteiger partial charge in [-0.3, -0.25) is 0 Å². The fraction of sp³-hybridized carbons (Fsp3) is 1.00. The molecule has 1 nitrogen and oxygen atoms in total. The Kier molecular flexibility index (Phi) is 3.57. The number of nitrogens with zero attached hydrogens (tertiary/aromatic N) is 1. The topological polar surface area (TPSA) is 3.24 Å². The Bertz CT molecular complexity index is 129. The summed E-state index contributed by atoms with van der Waals surface area (Å²) in [5.41, 5.74) is 0.562. The van der Waals surface area contributed by atoms with Crippen molar-refractivity contribution in [3.05, 3.63) is 0 Å². The lowest BCUT2D eigenvalue weighted by Crippen LogP contribution is -2.49. The van der Waals surface area contributed by atoms with Gasteiger partial charge in [-0.2, -0.15) is 0 Å². The highest BCUT2D eigenvalue weighted by atomic mass is 15.2. The largest absolute Gasteiger partial charge is 0.301 e. The van der Waals surface area contributed by atoms with Crippen molar-refractivity contribution in [2.24, 2.45) is 0 Å². The molecule has 1 unspecified atom stereocenters. The number of hydrogen-bond donors (Lipinski definition) is 0. The van der Waals surface area contributed by atoms with E-state index in [1.165, 1.54) is 45.1 Å². The minimum Gasteiger partial charge on any atom is -0.301 e. The Balaban J connectivity index is 2.60. The van der Waals surface area contributed by atoms with Crippen molar-refractivity contribution < 1.29 is 0 Å². The molecular weight excluding hydrogens is 146 g/mol. The fourth-order valence-corrected chi connectivity index (χ4v) is 2.64. The molecular formula is C11H23N. The predicted octanol–water partition coefficient (Wildman–Crippen LogP) is 3.05. The fourth-order valence-electron chi connectivity index (χ4n) is 2.64. The zero-order valence-electron chi connectivity index (χ0n) is 8.90. The highest BCUT2D eigenvalue weighted by Crippen LogP contribution is 2.33. The number of piperidine rings is 1. The van der Waals surface area contributed by atoms with Gasteiger partial charge in [-0.25, -0.2) is 0 Å². The zero-order chi connectivity index (χ0) is 9.03. The van der Waals surface area contributed by atoms with Crippen molar-refractivity contribution >= 4 is 0 Å². The molecule has 1 aliphatic rings. The van der Waals surface area contributed by atoms with Crippen LogP contribution in [0.4, 0.5) is 0 Å². The van der Waals surface area contributed by atoms with Gasteiger partial charge in [-0.15, -0.1) is 0 Å². The molecule has 0 amide bonds. The maximum atomic E-state index is 2.60. The lowest BCUT2D eigenvalue weighted by Gasteiger charge is -2.45. The molecule has 0 aliphatic carbocycles. The first-order valence-corrected chi connectivity index (χ1v) is 5.46. The molecule has 0 saturated carbocycles. The van der Waals surface area contributed by atoms with E-state index in [1.807, 2.05) is 0 Å². The minimum absolute atomic E-state index is 0.562. The summed E-state index contributed by atoms with van der Waals surface area (Å²) in [5, 5.41) is 0. The molecule has 0 spiro atoms. The molecule has 0 radical (unpaired) electrons. The van der Waals surface area contributed by atoms with E-state index in [-0.39, 0.29) is 0 Å². The van der Waals surface area contributed by atoms with E-state index < -0.39 is 0 Å². The lowest BCUT2D eigenvalue weighted by molar-refractivity contribution is 0.0598. The van der Waals surface area contributed by atoms with Crippen LogP contribution in [0.15, 0.2) is 0 Å². The third kappa shape index (κ3) is 1.82. The Hall–Kier alpha value is -0.0400. The Morgan fingerprint density at radius 1 is 1.25 bits per heavy atom. The van der Waals surface area contributed by atoms with Gasteiger partial charge in [0.05, 0.1) is 0 Å². The molecule has 12 heavy (non-hydrogen) atoms. The second-order valence-corrected chi connectivity index (χ2v) is 4.21. The molecule has 0 aromatic rings. The molecule has 1 aliphatic heterocycles. The van der Waals surface area contributed by atoms with E-state index in [1.54, 1.807) is 0 Å². The van der Waals surface area contributed by atoms with Gasteiger partial charge in [0.25, 0.3) is 0 Å². The normalized spacial score (nSPS) is 32.2. The number of rotatable bonds is 3. The zero-order valence-corrected chi connectivity index (χ0v) is 8.90. The van der Waals surface area contributed by atoms with Gasteiger partial charge >= 0.3 is 0 Å². The van der Waals surface area contributed by atoms with Crippen LogP contribution in [0.25, 0.3) is 0 Å². The van der Waals surface area contributed by atoms with E-state index in [0.29, 0.717) is 5.54 Å². The third-order valence-electron chi connectivity index (χ3n) is 3.57. The molecule has 1 fully saturated rings. The number of likely N-dealkylation sites (tertiary alicyclic amines) is 1. The summed E-state index contributed by atoms with van der Waals surface area (Å²) >= 11 is 0. The summed E-state index contributed by atoms with van der Waals surface area (Å²) in [5.74, 6) is 0. The molecule has 0 bridgehead atoms. The molecule has 1 atom stereocenters. The summed E-state index contributed by atoms with van der Waals surface area (Å²) < 4.78 is 0. The van der Waals surface area contributed by atoms with Crippen LogP contribution in [0.1, 0.15) is 52.4 Å². The Morgan fingerprint density at radius 3 is 2.50 bits per heavy atom. The van der Waals surface area contributed by atoms with E-state index >= 15 is 0 Å². The summed E-state index contributed by atoms with van der Waals surface area (Å²) in [6, 6.07) is 0. The first kappa shape index (κ1) is 10.0. The smallest absolute Gasteiger partial charge is 0.0203 e. The molecule has 0 N–H and O–H groups in total. The van der Waals surface area contributed by atoms with E-state index in [2.05, 4.69) is 25.8 Å². The van der Waals surface area contributed by atoms with Gasteiger partial charge in [0, 0.05) is 5.54 Å². The van der Waals surface area contributed by atoms with E-state index in [9.17, 15) is 0 Å². The quantitative estimate of drug-likeness (QED) is 0.627. The predicted molar refractivity (Wildman–Crippen MR) is 54.4 cm³/mol. The highest BCUT2D eigenvalue weighted by Gasteiger charge is 2.33. The minimum atomic E-state index is 0.562. The van der Waals surface area contributed by atoms with Crippen LogP contribution in [-0.2, 0) is 0 Å².